The Morgan fingerprint density at radius 1 is 0.925 bits per heavy atom. The second kappa shape index (κ2) is 10.5. The lowest BCUT2D eigenvalue weighted by atomic mass is 10.0. The van der Waals surface area contributed by atoms with Gasteiger partial charge in [-0.2, -0.15) is 0 Å². The SMILES string of the molecule is Clc1cc(OCc2c(-c3c(Cl)cccc3Cl)noc2C2CC2)ccc1C1CC1c1cccc(Cc2nnn[nH]2)c1. The predicted molar refractivity (Wildman–Crippen MR) is 153 cm³/mol. The number of hydrogen-bond acceptors (Lipinski definition) is 6. The van der Waals surface area contributed by atoms with Crippen LogP contribution in [-0.4, -0.2) is 25.8 Å². The Balaban J connectivity index is 1.07. The van der Waals surface area contributed by atoms with Gasteiger partial charge in [0.2, 0.25) is 0 Å². The van der Waals surface area contributed by atoms with Gasteiger partial charge in [-0.1, -0.05) is 76.4 Å². The summed E-state index contributed by atoms with van der Waals surface area (Å²) in [7, 11) is 0. The van der Waals surface area contributed by atoms with Gasteiger partial charge in [0.15, 0.2) is 5.82 Å². The lowest BCUT2D eigenvalue weighted by molar-refractivity contribution is 0.300. The Kier molecular flexibility index (Phi) is 6.74. The molecule has 0 spiro atoms. The molecule has 2 aliphatic rings. The van der Waals surface area contributed by atoms with Gasteiger partial charge in [0.25, 0.3) is 0 Å². The van der Waals surface area contributed by atoms with Crippen molar-refractivity contribution in [1.82, 2.24) is 25.8 Å². The Bertz CT molecular complexity index is 1660. The van der Waals surface area contributed by atoms with Crippen molar-refractivity contribution in [1.29, 1.82) is 0 Å². The monoisotopic (exact) mass is 591 g/mol. The molecule has 0 radical (unpaired) electrons. The number of rotatable bonds is 9. The molecular formula is C30H24Cl3N5O2. The first kappa shape index (κ1) is 25.6. The van der Waals surface area contributed by atoms with Crippen molar-refractivity contribution in [2.45, 2.75) is 50.0 Å². The first-order valence-corrected chi connectivity index (χ1v) is 14.3. The zero-order valence-electron chi connectivity index (χ0n) is 21.3. The van der Waals surface area contributed by atoms with Crippen molar-refractivity contribution in [3.8, 4) is 17.0 Å². The molecule has 7 nitrogen and oxygen atoms in total. The molecule has 0 amide bonds. The molecule has 2 atom stereocenters. The molecular weight excluding hydrogens is 569 g/mol. The Morgan fingerprint density at radius 3 is 2.50 bits per heavy atom. The van der Waals surface area contributed by atoms with Gasteiger partial charge in [0.1, 0.15) is 23.8 Å². The summed E-state index contributed by atoms with van der Waals surface area (Å²) in [5.74, 6) is 3.44. The third-order valence-corrected chi connectivity index (χ3v) is 8.61. The first-order valence-electron chi connectivity index (χ1n) is 13.2. The minimum Gasteiger partial charge on any atom is -0.489 e. The van der Waals surface area contributed by atoms with E-state index in [-0.39, 0.29) is 6.61 Å². The standard InChI is InChI=1S/C30H24Cl3N5O2/c31-24-5-2-6-25(32)28(24)29-23(30(40-36-29)17-7-8-17)15-39-19-9-10-20(26(33)13-19)22-14-21(22)18-4-1-3-16(11-18)12-27-34-37-38-35-27/h1-6,9-11,13,17,21-22H,7-8,12,14-15H2,(H,34,35,37,38). The van der Waals surface area contributed by atoms with Crippen molar-refractivity contribution in [3.05, 3.63) is 110 Å². The number of nitrogens with one attached hydrogen (secondary N) is 1. The van der Waals surface area contributed by atoms with Crippen molar-refractivity contribution >= 4 is 34.8 Å². The maximum Gasteiger partial charge on any atom is 0.152 e. The van der Waals surface area contributed by atoms with Crippen molar-refractivity contribution in [2.75, 3.05) is 0 Å². The Morgan fingerprint density at radius 2 is 1.75 bits per heavy atom. The summed E-state index contributed by atoms with van der Waals surface area (Å²) in [6.45, 7) is 0.279. The number of tetrazole rings is 1. The summed E-state index contributed by atoms with van der Waals surface area (Å²) in [4.78, 5) is 0. The fourth-order valence-corrected chi connectivity index (χ4v) is 6.28. The van der Waals surface area contributed by atoms with E-state index in [1.807, 2.05) is 18.2 Å². The van der Waals surface area contributed by atoms with Crippen LogP contribution < -0.4 is 4.74 Å². The average molecular weight is 593 g/mol. The fourth-order valence-electron chi connectivity index (χ4n) is 5.39. The number of hydrogen-bond donors (Lipinski definition) is 1. The molecule has 40 heavy (non-hydrogen) atoms. The van der Waals surface area contributed by atoms with Crippen LogP contribution >= 0.6 is 34.8 Å². The van der Waals surface area contributed by atoms with E-state index in [9.17, 15) is 0 Å². The highest BCUT2D eigenvalue weighted by Gasteiger charge is 2.40. The van der Waals surface area contributed by atoms with Gasteiger partial charge in [-0.15, -0.1) is 5.10 Å². The number of ether oxygens (including phenoxy) is 1. The molecule has 7 rings (SSSR count). The highest BCUT2D eigenvalue weighted by atomic mass is 35.5. The molecule has 3 aromatic carbocycles. The molecule has 0 saturated heterocycles. The number of aromatic amines is 1. The normalized spacial score (nSPS) is 18.2. The highest BCUT2D eigenvalue weighted by Crippen LogP contribution is 2.56. The molecule has 2 unspecified atom stereocenters. The maximum absolute atomic E-state index is 6.79. The Hall–Kier alpha value is -3.39. The van der Waals surface area contributed by atoms with Crippen molar-refractivity contribution in [3.63, 3.8) is 0 Å². The van der Waals surface area contributed by atoms with E-state index in [1.54, 1.807) is 12.1 Å². The van der Waals surface area contributed by atoms with E-state index in [2.05, 4.69) is 56.1 Å². The summed E-state index contributed by atoms with van der Waals surface area (Å²) < 4.78 is 12.0. The van der Waals surface area contributed by atoms with Gasteiger partial charge in [-0.25, -0.2) is 5.10 Å². The largest absolute Gasteiger partial charge is 0.489 e. The quantitative estimate of drug-likeness (QED) is 0.186. The topological polar surface area (TPSA) is 89.7 Å². The van der Waals surface area contributed by atoms with Crippen LogP contribution in [0.15, 0.2) is 65.2 Å². The summed E-state index contributed by atoms with van der Waals surface area (Å²) in [5, 5.41) is 20.2. The van der Waals surface area contributed by atoms with E-state index in [1.165, 1.54) is 11.1 Å². The molecule has 2 fully saturated rings. The van der Waals surface area contributed by atoms with Gasteiger partial charge in [-0.05, 0) is 82.5 Å². The minimum absolute atomic E-state index is 0.279. The second-order valence-electron chi connectivity index (χ2n) is 10.4. The first-order chi connectivity index (χ1) is 19.5. The molecule has 2 aliphatic carbocycles. The van der Waals surface area contributed by atoms with Crippen LogP contribution in [0.25, 0.3) is 11.3 Å². The van der Waals surface area contributed by atoms with E-state index in [4.69, 9.17) is 44.1 Å². The molecule has 1 N–H and O–H groups in total. The number of benzene rings is 3. The number of halogens is 3. The molecule has 2 aromatic heterocycles. The molecule has 5 aromatic rings. The predicted octanol–water partition coefficient (Wildman–Crippen LogP) is 8.13. The zero-order chi connectivity index (χ0) is 27.2. The lowest BCUT2D eigenvalue weighted by Gasteiger charge is -2.11. The average Bonchev–Trinajstić information content (AvgIpc) is 3.85. The molecule has 202 valence electrons. The lowest BCUT2D eigenvalue weighted by Crippen LogP contribution is -2.00. The second-order valence-corrected chi connectivity index (χ2v) is 11.7. The Labute approximate surface area is 245 Å². The molecule has 10 heteroatoms. The summed E-state index contributed by atoms with van der Waals surface area (Å²) in [5.41, 5.74) is 5.78. The van der Waals surface area contributed by atoms with E-state index in [0.717, 1.165) is 42.0 Å². The maximum atomic E-state index is 6.79. The van der Waals surface area contributed by atoms with E-state index in [0.29, 0.717) is 56.2 Å². The summed E-state index contributed by atoms with van der Waals surface area (Å²) >= 11 is 19.8. The third-order valence-electron chi connectivity index (χ3n) is 7.65. The number of nitrogens with zero attached hydrogens (tertiary/aromatic N) is 4. The van der Waals surface area contributed by atoms with Crippen LogP contribution in [0.2, 0.25) is 15.1 Å². The van der Waals surface area contributed by atoms with Gasteiger partial charge in [-0.3, -0.25) is 0 Å². The number of H-pyrrole nitrogens is 1. The van der Waals surface area contributed by atoms with Gasteiger partial charge in [0, 0.05) is 22.9 Å². The van der Waals surface area contributed by atoms with Crippen LogP contribution in [0.4, 0.5) is 0 Å². The smallest absolute Gasteiger partial charge is 0.152 e. The molecule has 2 heterocycles. The van der Waals surface area contributed by atoms with Gasteiger partial charge >= 0.3 is 0 Å². The fraction of sp³-hybridized carbons (Fsp3) is 0.267. The van der Waals surface area contributed by atoms with Crippen molar-refractivity contribution in [2.24, 2.45) is 0 Å². The van der Waals surface area contributed by atoms with Crippen LogP contribution in [0.1, 0.15) is 70.9 Å². The molecule has 0 aliphatic heterocycles. The van der Waals surface area contributed by atoms with Crippen LogP contribution in [0, 0.1) is 0 Å². The van der Waals surface area contributed by atoms with Crippen LogP contribution in [-0.2, 0) is 13.0 Å². The van der Waals surface area contributed by atoms with Crippen molar-refractivity contribution < 1.29 is 9.26 Å². The van der Waals surface area contributed by atoms with Crippen LogP contribution in [0.5, 0.6) is 5.75 Å². The summed E-state index contributed by atoms with van der Waals surface area (Å²) in [6, 6.07) is 20.0. The highest BCUT2D eigenvalue weighted by molar-refractivity contribution is 6.39. The van der Waals surface area contributed by atoms with E-state index >= 15 is 0 Å². The third kappa shape index (κ3) is 5.09. The van der Waals surface area contributed by atoms with Gasteiger partial charge in [0.05, 0.1) is 15.6 Å². The zero-order valence-corrected chi connectivity index (χ0v) is 23.5. The minimum atomic E-state index is 0.279. The van der Waals surface area contributed by atoms with Crippen LogP contribution in [0.3, 0.4) is 0 Å². The van der Waals surface area contributed by atoms with E-state index < -0.39 is 0 Å². The molecule has 2 saturated carbocycles. The number of aromatic nitrogens is 5. The molecule has 0 bridgehead atoms. The summed E-state index contributed by atoms with van der Waals surface area (Å²) in [6.07, 6.45) is 3.87. The van der Waals surface area contributed by atoms with Gasteiger partial charge < -0.3 is 9.26 Å².